The van der Waals surface area contributed by atoms with Crippen LogP contribution in [0, 0.1) is 0 Å². The number of rotatable bonds is 5. The van der Waals surface area contributed by atoms with Crippen molar-refractivity contribution >= 4 is 11.9 Å². The zero-order valence-corrected chi connectivity index (χ0v) is 10.7. The number of amides is 1. The van der Waals surface area contributed by atoms with Gasteiger partial charge >= 0.3 is 5.97 Å². The van der Waals surface area contributed by atoms with Crippen molar-refractivity contribution in [3.63, 3.8) is 0 Å². The zero-order valence-electron chi connectivity index (χ0n) is 10.7. The topological polar surface area (TPSA) is 58.6 Å². The molecule has 5 nitrogen and oxygen atoms in total. The quantitative estimate of drug-likeness (QED) is 0.715. The number of carbonyl (C=O) groups is 2. The summed E-state index contributed by atoms with van der Waals surface area (Å²) >= 11 is 0. The molecule has 1 rings (SSSR count). The Labute approximate surface area is 102 Å². The first-order valence-corrected chi connectivity index (χ1v) is 6.27. The molecule has 1 saturated heterocycles. The van der Waals surface area contributed by atoms with Crippen molar-refractivity contribution in [2.75, 3.05) is 26.7 Å². The Morgan fingerprint density at radius 3 is 2.53 bits per heavy atom. The molecule has 98 valence electrons. The van der Waals surface area contributed by atoms with Crippen LogP contribution in [-0.2, 0) is 14.3 Å². The molecule has 1 aliphatic rings. The lowest BCUT2D eigenvalue weighted by Gasteiger charge is -2.31. The fourth-order valence-electron chi connectivity index (χ4n) is 2.02. The third kappa shape index (κ3) is 4.73. The smallest absolute Gasteiger partial charge is 0.306 e. The summed E-state index contributed by atoms with van der Waals surface area (Å²) < 4.78 is 4.80. The summed E-state index contributed by atoms with van der Waals surface area (Å²) in [6, 6.07) is 0.311. The highest BCUT2D eigenvalue weighted by atomic mass is 16.5. The molecule has 0 bridgehead atoms. The maximum Gasteiger partial charge on any atom is 0.306 e. The van der Waals surface area contributed by atoms with Gasteiger partial charge in [0.25, 0.3) is 0 Å². The fourth-order valence-corrected chi connectivity index (χ4v) is 2.02. The van der Waals surface area contributed by atoms with Gasteiger partial charge in [-0.25, -0.2) is 0 Å². The first kappa shape index (κ1) is 14.0. The first-order valence-electron chi connectivity index (χ1n) is 6.27. The number of ether oxygens (including phenoxy) is 1. The van der Waals surface area contributed by atoms with Crippen LogP contribution >= 0.6 is 0 Å². The highest BCUT2D eigenvalue weighted by Crippen LogP contribution is 2.11. The molecule has 0 aromatic heterocycles. The van der Waals surface area contributed by atoms with Crippen LogP contribution in [0.2, 0.25) is 0 Å². The Bertz CT molecular complexity index is 262. The van der Waals surface area contributed by atoms with Crippen LogP contribution in [0.4, 0.5) is 0 Å². The van der Waals surface area contributed by atoms with E-state index >= 15 is 0 Å². The molecule has 0 saturated carbocycles. The van der Waals surface area contributed by atoms with Gasteiger partial charge in [-0.3, -0.25) is 9.59 Å². The molecule has 0 spiro atoms. The Morgan fingerprint density at radius 2 is 1.94 bits per heavy atom. The standard InChI is InChI=1S/C12H22N2O3/c1-3-17-12(16)5-4-11(15)14(2)10-6-8-13-9-7-10/h10,13H,3-9H2,1-2H3. The van der Waals surface area contributed by atoms with Gasteiger partial charge in [-0.1, -0.05) is 0 Å². The van der Waals surface area contributed by atoms with Crippen LogP contribution in [-0.4, -0.2) is 49.6 Å². The van der Waals surface area contributed by atoms with E-state index in [1.807, 2.05) is 7.05 Å². The lowest BCUT2D eigenvalue weighted by Crippen LogP contribution is -2.44. The number of esters is 1. The van der Waals surface area contributed by atoms with E-state index in [2.05, 4.69) is 5.32 Å². The van der Waals surface area contributed by atoms with Crippen LogP contribution in [0.1, 0.15) is 32.6 Å². The molecule has 1 fully saturated rings. The van der Waals surface area contributed by atoms with Gasteiger partial charge in [0.05, 0.1) is 13.0 Å². The minimum atomic E-state index is -0.292. The van der Waals surface area contributed by atoms with Crippen LogP contribution < -0.4 is 5.32 Å². The van der Waals surface area contributed by atoms with Crippen molar-refractivity contribution in [1.29, 1.82) is 0 Å². The lowest BCUT2D eigenvalue weighted by atomic mass is 10.0. The van der Waals surface area contributed by atoms with Crippen molar-refractivity contribution < 1.29 is 14.3 Å². The van der Waals surface area contributed by atoms with Gasteiger partial charge in [0.15, 0.2) is 0 Å². The summed E-state index contributed by atoms with van der Waals surface area (Å²) in [7, 11) is 1.82. The van der Waals surface area contributed by atoms with Crippen molar-refractivity contribution in [1.82, 2.24) is 10.2 Å². The molecule has 0 radical (unpaired) electrons. The third-order valence-electron chi connectivity index (χ3n) is 3.10. The van der Waals surface area contributed by atoms with Crippen LogP contribution in [0.3, 0.4) is 0 Å². The van der Waals surface area contributed by atoms with E-state index in [1.165, 1.54) is 0 Å². The van der Waals surface area contributed by atoms with E-state index < -0.39 is 0 Å². The van der Waals surface area contributed by atoms with Gasteiger partial charge < -0.3 is 15.0 Å². The van der Waals surface area contributed by atoms with Gasteiger partial charge in [0.2, 0.25) is 5.91 Å². The average molecular weight is 242 g/mol. The van der Waals surface area contributed by atoms with E-state index in [9.17, 15) is 9.59 Å². The van der Waals surface area contributed by atoms with Crippen molar-refractivity contribution in [3.05, 3.63) is 0 Å². The maximum atomic E-state index is 11.8. The van der Waals surface area contributed by atoms with E-state index in [0.717, 1.165) is 25.9 Å². The molecule has 0 aliphatic carbocycles. The minimum Gasteiger partial charge on any atom is -0.466 e. The number of hydrogen-bond acceptors (Lipinski definition) is 4. The minimum absolute atomic E-state index is 0.0324. The first-order chi connectivity index (χ1) is 8.15. The van der Waals surface area contributed by atoms with Gasteiger partial charge in [-0.15, -0.1) is 0 Å². The molecule has 1 heterocycles. The van der Waals surface area contributed by atoms with E-state index in [1.54, 1.807) is 11.8 Å². The van der Waals surface area contributed by atoms with Crippen LogP contribution in [0.15, 0.2) is 0 Å². The number of carbonyl (C=O) groups excluding carboxylic acids is 2. The number of hydrogen-bond donors (Lipinski definition) is 1. The maximum absolute atomic E-state index is 11.8. The molecular formula is C12H22N2O3. The lowest BCUT2D eigenvalue weighted by molar-refractivity contribution is -0.146. The molecule has 0 aromatic carbocycles. The molecule has 0 atom stereocenters. The predicted molar refractivity (Wildman–Crippen MR) is 64.5 cm³/mol. The molecular weight excluding hydrogens is 220 g/mol. The zero-order chi connectivity index (χ0) is 12.7. The van der Waals surface area contributed by atoms with Crippen molar-refractivity contribution in [2.24, 2.45) is 0 Å². The fraction of sp³-hybridized carbons (Fsp3) is 0.833. The second kappa shape index (κ2) is 7.27. The Balaban J connectivity index is 2.28. The van der Waals surface area contributed by atoms with E-state index in [4.69, 9.17) is 4.74 Å². The second-order valence-corrected chi connectivity index (χ2v) is 4.29. The molecule has 1 N–H and O–H groups in total. The number of piperidine rings is 1. The van der Waals surface area contributed by atoms with E-state index in [-0.39, 0.29) is 24.7 Å². The summed E-state index contributed by atoms with van der Waals surface area (Å²) in [6.07, 6.45) is 2.41. The summed E-state index contributed by atoms with van der Waals surface area (Å²) in [4.78, 5) is 24.8. The Morgan fingerprint density at radius 1 is 1.29 bits per heavy atom. The van der Waals surface area contributed by atoms with Crippen LogP contribution in [0.5, 0.6) is 0 Å². The van der Waals surface area contributed by atoms with Crippen LogP contribution in [0.25, 0.3) is 0 Å². The summed E-state index contributed by atoms with van der Waals surface area (Å²) in [5.41, 5.74) is 0. The molecule has 0 aromatic rings. The summed E-state index contributed by atoms with van der Waals surface area (Å²) in [5.74, 6) is -0.260. The van der Waals surface area contributed by atoms with Crippen molar-refractivity contribution in [2.45, 2.75) is 38.6 Å². The van der Waals surface area contributed by atoms with Gasteiger partial charge in [-0.05, 0) is 32.9 Å². The Kier molecular flexibility index (Phi) is 5.97. The average Bonchev–Trinajstić information content (AvgIpc) is 2.36. The van der Waals surface area contributed by atoms with Gasteiger partial charge in [0.1, 0.15) is 0 Å². The number of nitrogens with zero attached hydrogens (tertiary/aromatic N) is 1. The number of nitrogens with one attached hydrogen (secondary N) is 1. The largest absolute Gasteiger partial charge is 0.466 e. The summed E-state index contributed by atoms with van der Waals surface area (Å²) in [6.45, 7) is 4.05. The van der Waals surface area contributed by atoms with E-state index in [0.29, 0.717) is 12.6 Å². The van der Waals surface area contributed by atoms with Gasteiger partial charge in [-0.2, -0.15) is 0 Å². The molecule has 1 amide bonds. The third-order valence-corrected chi connectivity index (χ3v) is 3.10. The normalized spacial score (nSPS) is 16.6. The summed E-state index contributed by atoms with van der Waals surface area (Å²) in [5, 5.41) is 3.26. The highest BCUT2D eigenvalue weighted by Gasteiger charge is 2.22. The Hall–Kier alpha value is -1.10. The second-order valence-electron chi connectivity index (χ2n) is 4.29. The molecule has 1 aliphatic heterocycles. The predicted octanol–water partition coefficient (Wildman–Crippen LogP) is 0.540. The molecule has 17 heavy (non-hydrogen) atoms. The highest BCUT2D eigenvalue weighted by molar-refractivity contribution is 5.81. The monoisotopic (exact) mass is 242 g/mol. The molecule has 0 unspecified atom stereocenters. The SMILES string of the molecule is CCOC(=O)CCC(=O)N(C)C1CCNCC1. The van der Waals surface area contributed by atoms with Gasteiger partial charge in [0, 0.05) is 19.5 Å². The molecule has 5 heteroatoms. The van der Waals surface area contributed by atoms with Crippen molar-refractivity contribution in [3.8, 4) is 0 Å².